The van der Waals surface area contributed by atoms with Gasteiger partial charge in [0.2, 0.25) is 0 Å². The molecule has 0 unspecified atom stereocenters. The predicted octanol–water partition coefficient (Wildman–Crippen LogP) is 3.74. The van der Waals surface area contributed by atoms with E-state index in [-0.39, 0.29) is 48.0 Å². The number of likely N-dealkylation sites (tertiary alicyclic amines) is 1. The van der Waals surface area contributed by atoms with E-state index in [2.05, 4.69) is 5.10 Å². The lowest BCUT2D eigenvalue weighted by atomic mass is 9.84. The van der Waals surface area contributed by atoms with Crippen LogP contribution in [0.5, 0.6) is 0 Å². The Bertz CT molecular complexity index is 1140. The Morgan fingerprint density at radius 1 is 1.10 bits per heavy atom. The molecule has 1 fully saturated rings. The van der Waals surface area contributed by atoms with E-state index in [0.717, 1.165) is 4.68 Å². The van der Waals surface area contributed by atoms with Crippen molar-refractivity contribution in [3.05, 3.63) is 82.1 Å². The standard InChI is InChI=1S/C22H18ClF2N3O3/c23-20-16(13-29)19(26-28(20)18-4-2-1-3-17(18)25)21(30)27-11-9-22(31,10-12-27)14-5-7-15(24)8-6-14/h1-8,13,31H,9-12H2. The van der Waals surface area contributed by atoms with Gasteiger partial charge in [-0.2, -0.15) is 5.10 Å². The highest BCUT2D eigenvalue weighted by molar-refractivity contribution is 6.33. The van der Waals surface area contributed by atoms with Gasteiger partial charge in [-0.3, -0.25) is 9.59 Å². The van der Waals surface area contributed by atoms with Crippen LogP contribution in [0.25, 0.3) is 5.69 Å². The number of carbonyl (C=O) groups is 2. The van der Waals surface area contributed by atoms with Crippen molar-refractivity contribution in [2.45, 2.75) is 18.4 Å². The van der Waals surface area contributed by atoms with Crippen molar-refractivity contribution in [3.63, 3.8) is 0 Å². The van der Waals surface area contributed by atoms with E-state index in [1.165, 1.54) is 47.4 Å². The summed E-state index contributed by atoms with van der Waals surface area (Å²) < 4.78 is 28.4. The third kappa shape index (κ3) is 3.84. The van der Waals surface area contributed by atoms with Crippen molar-refractivity contribution in [1.82, 2.24) is 14.7 Å². The summed E-state index contributed by atoms with van der Waals surface area (Å²) in [5.74, 6) is -1.55. The van der Waals surface area contributed by atoms with Crippen LogP contribution in [0.3, 0.4) is 0 Å². The van der Waals surface area contributed by atoms with Crippen LogP contribution in [-0.4, -0.2) is 45.1 Å². The van der Waals surface area contributed by atoms with E-state index >= 15 is 0 Å². The van der Waals surface area contributed by atoms with Gasteiger partial charge in [0.25, 0.3) is 5.91 Å². The molecule has 0 radical (unpaired) electrons. The molecule has 0 atom stereocenters. The minimum absolute atomic E-state index is 0.0129. The molecule has 1 saturated heterocycles. The molecule has 1 N–H and O–H groups in total. The average molecular weight is 446 g/mol. The van der Waals surface area contributed by atoms with Crippen LogP contribution in [-0.2, 0) is 5.60 Å². The van der Waals surface area contributed by atoms with E-state index in [1.54, 1.807) is 6.07 Å². The summed E-state index contributed by atoms with van der Waals surface area (Å²) in [6.07, 6.45) is 0.865. The van der Waals surface area contributed by atoms with Gasteiger partial charge in [0, 0.05) is 13.1 Å². The number of aldehydes is 1. The van der Waals surface area contributed by atoms with Gasteiger partial charge < -0.3 is 10.0 Å². The topological polar surface area (TPSA) is 75.4 Å². The fourth-order valence-corrected chi connectivity index (χ4v) is 4.00. The van der Waals surface area contributed by atoms with E-state index in [4.69, 9.17) is 11.6 Å². The van der Waals surface area contributed by atoms with Gasteiger partial charge in [0.15, 0.2) is 12.0 Å². The first-order valence-electron chi connectivity index (χ1n) is 9.60. The maximum absolute atomic E-state index is 14.2. The zero-order chi connectivity index (χ0) is 22.2. The second-order valence-corrected chi connectivity index (χ2v) is 7.72. The lowest BCUT2D eigenvalue weighted by Gasteiger charge is -2.38. The van der Waals surface area contributed by atoms with Crippen molar-refractivity contribution in [3.8, 4) is 5.69 Å². The van der Waals surface area contributed by atoms with Crippen molar-refractivity contribution in [1.29, 1.82) is 0 Å². The number of hydrogen-bond donors (Lipinski definition) is 1. The van der Waals surface area contributed by atoms with Crippen LogP contribution in [0.15, 0.2) is 48.5 Å². The molecule has 1 aliphatic heterocycles. The molecule has 2 aromatic carbocycles. The summed E-state index contributed by atoms with van der Waals surface area (Å²) in [5.41, 5.74) is -0.924. The Morgan fingerprint density at radius 2 is 1.74 bits per heavy atom. The van der Waals surface area contributed by atoms with Crippen LogP contribution in [0.4, 0.5) is 8.78 Å². The van der Waals surface area contributed by atoms with Crippen LogP contribution in [0.1, 0.15) is 39.3 Å². The van der Waals surface area contributed by atoms with Gasteiger partial charge in [-0.25, -0.2) is 13.5 Å². The number of aromatic nitrogens is 2. The first kappa shape index (κ1) is 21.1. The summed E-state index contributed by atoms with van der Waals surface area (Å²) >= 11 is 6.22. The predicted molar refractivity (Wildman–Crippen MR) is 109 cm³/mol. The number of amides is 1. The molecule has 0 aliphatic carbocycles. The molecular weight excluding hydrogens is 428 g/mol. The Labute approximate surface area is 181 Å². The van der Waals surface area contributed by atoms with Gasteiger partial charge in [-0.1, -0.05) is 35.9 Å². The molecule has 3 aromatic rings. The fraction of sp³-hybridized carbons (Fsp3) is 0.227. The van der Waals surface area contributed by atoms with E-state index < -0.39 is 23.1 Å². The lowest BCUT2D eigenvalue weighted by Crippen LogP contribution is -2.45. The smallest absolute Gasteiger partial charge is 0.275 e. The molecule has 0 bridgehead atoms. The molecule has 4 rings (SSSR count). The Morgan fingerprint density at radius 3 is 2.35 bits per heavy atom. The number of benzene rings is 2. The van der Waals surface area contributed by atoms with Crippen molar-refractivity contribution in [2.24, 2.45) is 0 Å². The van der Waals surface area contributed by atoms with Crippen LogP contribution >= 0.6 is 11.6 Å². The molecule has 0 spiro atoms. The Hall–Kier alpha value is -3.10. The van der Waals surface area contributed by atoms with E-state index in [9.17, 15) is 23.5 Å². The number of piperidine rings is 1. The van der Waals surface area contributed by atoms with Crippen molar-refractivity contribution >= 4 is 23.8 Å². The molecule has 6 nitrogen and oxygen atoms in total. The molecule has 1 aromatic heterocycles. The summed E-state index contributed by atoms with van der Waals surface area (Å²) in [5, 5.41) is 14.9. The van der Waals surface area contributed by atoms with Crippen LogP contribution in [0, 0.1) is 11.6 Å². The lowest BCUT2D eigenvalue weighted by molar-refractivity contribution is -0.0213. The minimum atomic E-state index is -1.19. The maximum Gasteiger partial charge on any atom is 0.275 e. The highest BCUT2D eigenvalue weighted by atomic mass is 35.5. The van der Waals surface area contributed by atoms with Crippen LogP contribution < -0.4 is 0 Å². The Balaban J connectivity index is 1.58. The average Bonchev–Trinajstić information content (AvgIpc) is 3.10. The number of aliphatic hydroxyl groups is 1. The van der Waals surface area contributed by atoms with Crippen molar-refractivity contribution in [2.75, 3.05) is 13.1 Å². The van der Waals surface area contributed by atoms with Crippen LogP contribution in [0.2, 0.25) is 5.15 Å². The monoisotopic (exact) mass is 445 g/mol. The third-order valence-electron chi connectivity index (χ3n) is 5.52. The third-order valence-corrected chi connectivity index (χ3v) is 5.89. The van der Waals surface area contributed by atoms with E-state index in [0.29, 0.717) is 11.8 Å². The molecule has 2 heterocycles. The zero-order valence-corrected chi connectivity index (χ0v) is 17.0. The van der Waals surface area contributed by atoms with Gasteiger partial charge in [-0.05, 0) is 42.7 Å². The number of carbonyl (C=O) groups excluding carboxylic acids is 2. The normalized spacial score (nSPS) is 15.7. The molecule has 0 saturated carbocycles. The molecule has 160 valence electrons. The SMILES string of the molecule is O=Cc1c(C(=O)N2CCC(O)(c3ccc(F)cc3)CC2)nn(-c2ccccc2F)c1Cl. The summed E-state index contributed by atoms with van der Waals surface area (Å²) in [4.78, 5) is 26.1. The zero-order valence-electron chi connectivity index (χ0n) is 16.3. The first-order chi connectivity index (χ1) is 14.8. The number of nitrogens with zero attached hydrogens (tertiary/aromatic N) is 3. The molecular formula is C22H18ClF2N3O3. The van der Waals surface area contributed by atoms with Gasteiger partial charge >= 0.3 is 0 Å². The highest BCUT2D eigenvalue weighted by Crippen LogP contribution is 2.34. The maximum atomic E-state index is 14.2. The molecule has 1 aliphatic rings. The second kappa shape index (κ2) is 8.20. The van der Waals surface area contributed by atoms with Gasteiger partial charge in [0.05, 0.1) is 11.2 Å². The number of hydrogen-bond acceptors (Lipinski definition) is 4. The molecule has 9 heteroatoms. The molecule has 31 heavy (non-hydrogen) atoms. The minimum Gasteiger partial charge on any atom is -0.385 e. The summed E-state index contributed by atoms with van der Waals surface area (Å²) in [6.45, 7) is 0.379. The van der Waals surface area contributed by atoms with Gasteiger partial charge in [-0.15, -0.1) is 0 Å². The van der Waals surface area contributed by atoms with Gasteiger partial charge in [0.1, 0.15) is 22.5 Å². The summed E-state index contributed by atoms with van der Waals surface area (Å²) in [6, 6.07) is 11.3. The highest BCUT2D eigenvalue weighted by Gasteiger charge is 2.37. The fourth-order valence-electron chi connectivity index (χ4n) is 3.73. The second-order valence-electron chi connectivity index (χ2n) is 7.36. The quantitative estimate of drug-likeness (QED) is 0.621. The first-order valence-corrected chi connectivity index (χ1v) is 9.98. The largest absolute Gasteiger partial charge is 0.385 e. The number of rotatable bonds is 4. The van der Waals surface area contributed by atoms with Crippen molar-refractivity contribution < 1.29 is 23.5 Å². The number of para-hydroxylation sites is 1. The number of halogens is 3. The Kier molecular flexibility index (Phi) is 5.60. The summed E-state index contributed by atoms with van der Waals surface area (Å²) in [7, 11) is 0. The molecule has 1 amide bonds. The van der Waals surface area contributed by atoms with E-state index in [1.807, 2.05) is 0 Å².